The van der Waals surface area contributed by atoms with Gasteiger partial charge >= 0.3 is 5.97 Å². The van der Waals surface area contributed by atoms with Crippen LogP contribution in [0.5, 0.6) is 5.75 Å². The molecule has 2 heterocycles. The summed E-state index contributed by atoms with van der Waals surface area (Å²) < 4.78 is 13.4. The van der Waals surface area contributed by atoms with Crippen LogP contribution < -0.4 is 19.6 Å². The first-order chi connectivity index (χ1) is 18.9. The molecule has 0 saturated heterocycles. The number of thiazole rings is 1. The number of fused-ring (bicyclic) bond motifs is 1. The van der Waals surface area contributed by atoms with E-state index in [-0.39, 0.29) is 24.3 Å². The number of hydrogen-bond donors (Lipinski definition) is 0. The van der Waals surface area contributed by atoms with Crippen LogP contribution in [0, 0.1) is 0 Å². The Hall–Kier alpha value is -3.65. The maximum atomic E-state index is 13.9. The smallest absolute Gasteiger partial charge is 0.338 e. The van der Waals surface area contributed by atoms with Crippen LogP contribution in [-0.4, -0.2) is 17.1 Å². The lowest BCUT2D eigenvalue weighted by molar-refractivity contribution is -0.139. The fraction of sp³-hybridized carbons (Fsp3) is 0.167. The maximum absolute atomic E-state index is 13.9. The van der Waals surface area contributed by atoms with E-state index < -0.39 is 12.0 Å². The molecule has 0 aliphatic carbocycles. The number of ether oxygens (including phenoxy) is 2. The van der Waals surface area contributed by atoms with Crippen molar-refractivity contribution in [1.82, 2.24) is 4.57 Å². The van der Waals surface area contributed by atoms with Gasteiger partial charge in [-0.2, -0.15) is 0 Å². The summed E-state index contributed by atoms with van der Waals surface area (Å²) in [5, 5.41) is 1.06. The molecule has 1 aliphatic rings. The van der Waals surface area contributed by atoms with Crippen LogP contribution in [0.3, 0.4) is 0 Å². The molecule has 3 aromatic carbocycles. The fourth-order valence-corrected chi connectivity index (χ4v) is 5.89. The minimum absolute atomic E-state index is 0.195. The molecule has 1 atom stereocenters. The van der Waals surface area contributed by atoms with Crippen molar-refractivity contribution < 1.29 is 14.3 Å². The number of carbonyl (C=O) groups is 1. The molecule has 9 heteroatoms. The highest BCUT2D eigenvalue weighted by Gasteiger charge is 2.34. The number of carbonyl (C=O) groups excluding carboxylic acids is 1. The van der Waals surface area contributed by atoms with Gasteiger partial charge in [0.25, 0.3) is 5.56 Å². The zero-order chi connectivity index (χ0) is 27.5. The molecule has 1 aromatic heterocycles. The van der Waals surface area contributed by atoms with Gasteiger partial charge in [0, 0.05) is 21.2 Å². The van der Waals surface area contributed by atoms with Gasteiger partial charge in [0.2, 0.25) is 0 Å². The number of nitrogens with zero attached hydrogens (tertiary/aromatic N) is 2. The molecule has 0 radical (unpaired) electrons. The second-order valence-electron chi connectivity index (χ2n) is 8.74. The monoisotopic (exact) mass is 578 g/mol. The van der Waals surface area contributed by atoms with E-state index in [4.69, 9.17) is 32.7 Å². The lowest BCUT2D eigenvalue weighted by Gasteiger charge is -2.25. The molecule has 4 aromatic rings. The van der Waals surface area contributed by atoms with E-state index in [0.29, 0.717) is 36.4 Å². The molecule has 0 spiro atoms. The molecular weight excluding hydrogens is 555 g/mol. The third-order valence-electron chi connectivity index (χ3n) is 6.26. The van der Waals surface area contributed by atoms with E-state index in [1.807, 2.05) is 54.6 Å². The van der Waals surface area contributed by atoms with Gasteiger partial charge in [-0.15, -0.1) is 0 Å². The minimum atomic E-state index is -0.775. The van der Waals surface area contributed by atoms with Crippen molar-refractivity contribution in [3.63, 3.8) is 0 Å². The second kappa shape index (κ2) is 11.6. The number of benzene rings is 3. The molecule has 0 bridgehead atoms. The predicted octanol–water partition coefficient (Wildman–Crippen LogP) is 5.68. The number of halogens is 2. The van der Waals surface area contributed by atoms with Gasteiger partial charge in [0.05, 0.1) is 22.4 Å². The third kappa shape index (κ3) is 5.43. The Labute approximate surface area is 239 Å². The summed E-state index contributed by atoms with van der Waals surface area (Å²) in [6.07, 6.45) is 1.78. The molecule has 0 amide bonds. The first kappa shape index (κ1) is 26.9. The SMILES string of the molecule is CCOC(=O)C1=C(C)N=c2s/c(=C\c3ccccc3OCc3ccccc3Cl)c(=O)n2[C@@H]1c1ccccc1Cl. The summed E-state index contributed by atoms with van der Waals surface area (Å²) in [5.41, 5.74) is 2.68. The van der Waals surface area contributed by atoms with Crippen LogP contribution in [0.4, 0.5) is 0 Å². The Bertz CT molecular complexity index is 1770. The topological polar surface area (TPSA) is 69.9 Å². The molecule has 0 N–H and O–H groups in total. The number of para-hydroxylation sites is 1. The van der Waals surface area contributed by atoms with Crippen LogP contribution in [0.15, 0.2) is 93.9 Å². The number of hydrogen-bond acceptors (Lipinski definition) is 6. The Morgan fingerprint density at radius 1 is 1.03 bits per heavy atom. The van der Waals surface area contributed by atoms with Crippen molar-refractivity contribution in [3.8, 4) is 5.75 Å². The average molecular weight is 580 g/mol. The predicted molar refractivity (Wildman–Crippen MR) is 154 cm³/mol. The normalized spacial score (nSPS) is 15.1. The molecule has 39 heavy (non-hydrogen) atoms. The third-order valence-corrected chi connectivity index (χ3v) is 7.96. The number of allylic oxidation sites excluding steroid dienone is 1. The highest BCUT2D eigenvalue weighted by molar-refractivity contribution is 7.07. The molecule has 198 valence electrons. The number of rotatable bonds is 7. The zero-order valence-electron chi connectivity index (χ0n) is 21.2. The first-order valence-electron chi connectivity index (χ1n) is 12.3. The molecule has 6 nitrogen and oxygen atoms in total. The van der Waals surface area contributed by atoms with E-state index in [0.717, 1.165) is 11.1 Å². The van der Waals surface area contributed by atoms with Gasteiger partial charge in [-0.05, 0) is 43.7 Å². The van der Waals surface area contributed by atoms with Gasteiger partial charge in [0.1, 0.15) is 18.4 Å². The van der Waals surface area contributed by atoms with Gasteiger partial charge in [-0.3, -0.25) is 9.36 Å². The van der Waals surface area contributed by atoms with E-state index in [2.05, 4.69) is 4.99 Å². The van der Waals surface area contributed by atoms with Crippen LogP contribution in [0.1, 0.15) is 36.6 Å². The van der Waals surface area contributed by atoms with Crippen molar-refractivity contribution in [2.24, 2.45) is 4.99 Å². The van der Waals surface area contributed by atoms with Crippen molar-refractivity contribution in [2.45, 2.75) is 26.5 Å². The highest BCUT2D eigenvalue weighted by Crippen LogP contribution is 2.34. The Balaban J connectivity index is 1.62. The van der Waals surface area contributed by atoms with Crippen LogP contribution >= 0.6 is 34.5 Å². The molecule has 5 rings (SSSR count). The van der Waals surface area contributed by atoms with Crippen LogP contribution in [0.25, 0.3) is 6.08 Å². The Kier molecular flexibility index (Phi) is 8.02. The molecule has 1 aliphatic heterocycles. The van der Waals surface area contributed by atoms with Crippen molar-refractivity contribution >= 4 is 46.6 Å². The van der Waals surface area contributed by atoms with Gasteiger partial charge in [-0.25, -0.2) is 9.79 Å². The Morgan fingerprint density at radius 3 is 2.46 bits per heavy atom. The maximum Gasteiger partial charge on any atom is 0.338 e. The van der Waals surface area contributed by atoms with E-state index >= 15 is 0 Å². The lowest BCUT2D eigenvalue weighted by atomic mass is 9.96. The van der Waals surface area contributed by atoms with Crippen molar-refractivity contribution in [2.75, 3.05) is 6.61 Å². The highest BCUT2D eigenvalue weighted by atomic mass is 35.5. The summed E-state index contributed by atoms with van der Waals surface area (Å²) in [6.45, 7) is 3.95. The van der Waals surface area contributed by atoms with Gasteiger partial charge in [0.15, 0.2) is 4.80 Å². The largest absolute Gasteiger partial charge is 0.488 e. The van der Waals surface area contributed by atoms with Gasteiger partial charge in [-0.1, -0.05) is 89.1 Å². The summed E-state index contributed by atoms with van der Waals surface area (Å²) in [5.74, 6) is 0.0746. The summed E-state index contributed by atoms with van der Waals surface area (Å²) in [7, 11) is 0. The van der Waals surface area contributed by atoms with E-state index in [9.17, 15) is 9.59 Å². The standard InChI is InChI=1S/C30H24Cl2N2O4S/c1-3-37-29(36)26-18(2)33-30-34(27(26)21-12-6-8-14-23(21)32)28(35)25(39-30)16-19-10-5-9-15-24(19)38-17-20-11-4-7-13-22(20)31/h4-16,27H,3,17H2,1-2H3/b25-16-/t27-/m1/s1. The van der Waals surface area contributed by atoms with Crippen molar-refractivity contribution in [1.29, 1.82) is 0 Å². The molecule has 0 fully saturated rings. The lowest BCUT2D eigenvalue weighted by Crippen LogP contribution is -2.40. The van der Waals surface area contributed by atoms with Crippen LogP contribution in [0.2, 0.25) is 10.0 Å². The average Bonchev–Trinajstić information content (AvgIpc) is 3.22. The number of aromatic nitrogens is 1. The molecule has 0 unspecified atom stereocenters. The van der Waals surface area contributed by atoms with E-state index in [1.54, 1.807) is 38.1 Å². The van der Waals surface area contributed by atoms with Crippen molar-refractivity contribution in [3.05, 3.63) is 130 Å². The molecule has 0 saturated carbocycles. The summed E-state index contributed by atoms with van der Waals surface area (Å²) >= 11 is 14.1. The Morgan fingerprint density at radius 2 is 1.72 bits per heavy atom. The summed E-state index contributed by atoms with van der Waals surface area (Å²) in [6, 6.07) is 21.3. The van der Waals surface area contributed by atoms with Crippen LogP contribution in [-0.2, 0) is 16.1 Å². The zero-order valence-corrected chi connectivity index (χ0v) is 23.5. The molecular formula is C30H24Cl2N2O4S. The number of esters is 1. The van der Waals surface area contributed by atoms with Gasteiger partial charge < -0.3 is 9.47 Å². The summed E-state index contributed by atoms with van der Waals surface area (Å²) in [4.78, 5) is 32.0. The van der Waals surface area contributed by atoms with E-state index in [1.165, 1.54) is 15.9 Å². The minimum Gasteiger partial charge on any atom is -0.488 e. The fourth-order valence-electron chi connectivity index (χ4n) is 4.43. The quantitative estimate of drug-likeness (QED) is 0.264. The first-order valence-corrected chi connectivity index (χ1v) is 13.9. The second-order valence-corrected chi connectivity index (χ2v) is 10.6.